The molecule has 2 atom stereocenters. The van der Waals surface area contributed by atoms with Crippen LogP contribution in [-0.4, -0.2) is 0 Å². The molecule has 0 radical (unpaired) electrons. The van der Waals surface area contributed by atoms with Crippen molar-refractivity contribution in [3.8, 4) is 0 Å². The summed E-state index contributed by atoms with van der Waals surface area (Å²) in [6, 6.07) is 3.35. The molecule has 0 unspecified atom stereocenters. The number of nitrogens with two attached hydrogens (primary N) is 1. The lowest BCUT2D eigenvalue weighted by Crippen LogP contribution is -2.17. The summed E-state index contributed by atoms with van der Waals surface area (Å²) in [5, 5.41) is 0. The van der Waals surface area contributed by atoms with Gasteiger partial charge >= 0.3 is 0 Å². The molecule has 1 aromatic carbocycles. The molecule has 1 aromatic rings. The SMILES string of the molecule is C=C[C@@H](C)[C@@H](N)c1ccc(F)c(F)c1. The molecule has 0 spiro atoms. The molecule has 0 heterocycles. The summed E-state index contributed by atoms with van der Waals surface area (Å²) in [6.45, 7) is 5.47. The number of hydrogen-bond acceptors (Lipinski definition) is 1. The molecule has 0 aliphatic rings. The van der Waals surface area contributed by atoms with Crippen molar-refractivity contribution in [3.63, 3.8) is 0 Å². The number of benzene rings is 1. The summed E-state index contributed by atoms with van der Waals surface area (Å²) in [7, 11) is 0. The van der Waals surface area contributed by atoms with Gasteiger partial charge in [0.1, 0.15) is 0 Å². The Morgan fingerprint density at radius 2 is 2.00 bits per heavy atom. The minimum atomic E-state index is -0.866. The van der Waals surface area contributed by atoms with Crippen molar-refractivity contribution in [1.82, 2.24) is 0 Å². The molecule has 0 aromatic heterocycles. The molecular formula is C11H13F2N. The summed E-state index contributed by atoms with van der Waals surface area (Å²) in [5.41, 5.74) is 6.39. The number of halogens is 2. The Morgan fingerprint density at radius 3 is 2.50 bits per heavy atom. The van der Waals surface area contributed by atoms with Gasteiger partial charge in [0, 0.05) is 6.04 Å². The van der Waals surface area contributed by atoms with Crippen LogP contribution in [0.4, 0.5) is 8.78 Å². The molecule has 1 rings (SSSR count). The van der Waals surface area contributed by atoms with Crippen molar-refractivity contribution < 1.29 is 8.78 Å². The van der Waals surface area contributed by atoms with Crippen LogP contribution in [-0.2, 0) is 0 Å². The Kier molecular flexibility index (Phi) is 3.36. The third-order valence-electron chi connectivity index (χ3n) is 2.27. The Labute approximate surface area is 82.2 Å². The first-order valence-corrected chi connectivity index (χ1v) is 4.39. The molecule has 0 fully saturated rings. The maximum absolute atomic E-state index is 12.9. The van der Waals surface area contributed by atoms with Gasteiger partial charge in [-0.05, 0) is 23.6 Å². The average molecular weight is 197 g/mol. The van der Waals surface area contributed by atoms with E-state index in [1.807, 2.05) is 6.92 Å². The van der Waals surface area contributed by atoms with Gasteiger partial charge in [0.05, 0.1) is 0 Å². The minimum absolute atomic E-state index is 0.0276. The zero-order valence-electron chi connectivity index (χ0n) is 8.00. The Bertz CT molecular complexity index is 336. The predicted octanol–water partition coefficient (Wildman–Crippen LogP) is 2.79. The van der Waals surface area contributed by atoms with Gasteiger partial charge in [0.15, 0.2) is 11.6 Å². The van der Waals surface area contributed by atoms with E-state index in [9.17, 15) is 8.78 Å². The zero-order chi connectivity index (χ0) is 10.7. The van der Waals surface area contributed by atoms with Gasteiger partial charge in [0.25, 0.3) is 0 Å². The molecule has 0 bridgehead atoms. The molecule has 1 nitrogen and oxygen atoms in total. The van der Waals surface area contributed by atoms with Crippen molar-refractivity contribution in [1.29, 1.82) is 0 Å². The fourth-order valence-electron chi connectivity index (χ4n) is 1.17. The van der Waals surface area contributed by atoms with E-state index < -0.39 is 11.6 Å². The first kappa shape index (κ1) is 10.9. The first-order chi connectivity index (χ1) is 6.56. The third kappa shape index (κ3) is 2.17. The van der Waals surface area contributed by atoms with Gasteiger partial charge in [0.2, 0.25) is 0 Å². The predicted molar refractivity (Wildman–Crippen MR) is 52.6 cm³/mol. The van der Waals surface area contributed by atoms with Crippen molar-refractivity contribution in [3.05, 3.63) is 48.1 Å². The fraction of sp³-hybridized carbons (Fsp3) is 0.273. The zero-order valence-corrected chi connectivity index (χ0v) is 8.00. The van der Waals surface area contributed by atoms with Crippen LogP contribution in [0, 0.1) is 17.6 Å². The summed E-state index contributed by atoms with van der Waals surface area (Å²) in [6.07, 6.45) is 1.69. The largest absolute Gasteiger partial charge is 0.323 e. The lowest BCUT2D eigenvalue weighted by molar-refractivity contribution is 0.499. The van der Waals surface area contributed by atoms with E-state index in [-0.39, 0.29) is 12.0 Å². The van der Waals surface area contributed by atoms with E-state index in [0.29, 0.717) is 5.56 Å². The summed E-state index contributed by atoms with van der Waals surface area (Å²) >= 11 is 0. The van der Waals surface area contributed by atoms with Crippen LogP contribution in [0.5, 0.6) is 0 Å². The molecule has 0 saturated carbocycles. The van der Waals surface area contributed by atoms with Crippen LogP contribution >= 0.6 is 0 Å². The van der Waals surface area contributed by atoms with Gasteiger partial charge < -0.3 is 5.73 Å². The Morgan fingerprint density at radius 1 is 1.36 bits per heavy atom. The van der Waals surface area contributed by atoms with Gasteiger partial charge in [-0.25, -0.2) is 8.78 Å². The maximum atomic E-state index is 12.9. The normalized spacial score (nSPS) is 14.9. The molecule has 0 aliphatic carbocycles. The molecule has 0 saturated heterocycles. The van der Waals surface area contributed by atoms with E-state index >= 15 is 0 Å². The molecule has 76 valence electrons. The van der Waals surface area contributed by atoms with Crippen molar-refractivity contribution in [2.45, 2.75) is 13.0 Å². The van der Waals surface area contributed by atoms with E-state index in [4.69, 9.17) is 5.73 Å². The lowest BCUT2D eigenvalue weighted by Gasteiger charge is -2.16. The van der Waals surface area contributed by atoms with Crippen LogP contribution in [0.1, 0.15) is 18.5 Å². The van der Waals surface area contributed by atoms with Crippen LogP contribution in [0.25, 0.3) is 0 Å². The molecule has 3 heteroatoms. The highest BCUT2D eigenvalue weighted by molar-refractivity contribution is 5.22. The number of rotatable bonds is 3. The minimum Gasteiger partial charge on any atom is -0.323 e. The van der Waals surface area contributed by atoms with Crippen molar-refractivity contribution in [2.75, 3.05) is 0 Å². The number of hydrogen-bond donors (Lipinski definition) is 1. The van der Waals surface area contributed by atoms with E-state index in [2.05, 4.69) is 6.58 Å². The van der Waals surface area contributed by atoms with Gasteiger partial charge in [-0.15, -0.1) is 6.58 Å². The maximum Gasteiger partial charge on any atom is 0.159 e. The van der Waals surface area contributed by atoms with Crippen molar-refractivity contribution in [2.24, 2.45) is 11.7 Å². The van der Waals surface area contributed by atoms with Crippen LogP contribution < -0.4 is 5.73 Å². The molecule has 2 N–H and O–H groups in total. The molecule has 0 amide bonds. The highest BCUT2D eigenvalue weighted by Crippen LogP contribution is 2.21. The quantitative estimate of drug-likeness (QED) is 0.741. The van der Waals surface area contributed by atoms with Crippen LogP contribution in [0.3, 0.4) is 0 Å². The second kappa shape index (κ2) is 4.33. The van der Waals surface area contributed by atoms with Crippen LogP contribution in [0.2, 0.25) is 0 Å². The monoisotopic (exact) mass is 197 g/mol. The van der Waals surface area contributed by atoms with E-state index in [1.54, 1.807) is 6.08 Å². The van der Waals surface area contributed by atoms with Gasteiger partial charge in [-0.3, -0.25) is 0 Å². The topological polar surface area (TPSA) is 26.0 Å². The standard InChI is InChI=1S/C11H13F2N/c1-3-7(2)11(14)8-4-5-9(12)10(13)6-8/h3-7,11H,1,14H2,2H3/t7-,11-/m1/s1. The lowest BCUT2D eigenvalue weighted by atomic mass is 9.95. The fourth-order valence-corrected chi connectivity index (χ4v) is 1.17. The molecule has 14 heavy (non-hydrogen) atoms. The smallest absolute Gasteiger partial charge is 0.159 e. The second-order valence-corrected chi connectivity index (χ2v) is 3.29. The molecule has 0 aliphatic heterocycles. The molecular weight excluding hydrogens is 184 g/mol. The van der Waals surface area contributed by atoms with Gasteiger partial charge in [-0.1, -0.05) is 19.1 Å². The highest BCUT2D eigenvalue weighted by atomic mass is 19.2. The second-order valence-electron chi connectivity index (χ2n) is 3.29. The van der Waals surface area contributed by atoms with Crippen molar-refractivity contribution >= 4 is 0 Å². The summed E-state index contributed by atoms with van der Waals surface area (Å²) in [4.78, 5) is 0. The highest BCUT2D eigenvalue weighted by Gasteiger charge is 2.13. The van der Waals surface area contributed by atoms with Gasteiger partial charge in [-0.2, -0.15) is 0 Å². The Hall–Kier alpha value is -1.22. The van der Waals surface area contributed by atoms with E-state index in [1.165, 1.54) is 6.07 Å². The van der Waals surface area contributed by atoms with Crippen LogP contribution in [0.15, 0.2) is 30.9 Å². The summed E-state index contributed by atoms with van der Waals surface area (Å²) < 4.78 is 25.5. The van der Waals surface area contributed by atoms with E-state index in [0.717, 1.165) is 12.1 Å². The Balaban J connectivity index is 2.96. The summed E-state index contributed by atoms with van der Waals surface area (Å²) in [5.74, 6) is -1.69. The first-order valence-electron chi connectivity index (χ1n) is 4.39. The average Bonchev–Trinajstić information content (AvgIpc) is 2.20. The third-order valence-corrected chi connectivity index (χ3v) is 2.27.